The van der Waals surface area contributed by atoms with E-state index in [1.807, 2.05) is 6.07 Å². The van der Waals surface area contributed by atoms with Crippen LogP contribution in [0.4, 0.5) is 11.6 Å². The standard InChI is InChI=1S/C18H22N6O2S/c1-23(2)10-5-7-24(8-6-10)18-21-14(11-4-3-9-26-11)12-13(19)15(16(20)25)27-17(12)22-18/h3-4,9-10H,5-8,19H2,1-2H3,(H2,20,25). The largest absolute Gasteiger partial charge is 0.463 e. The van der Waals surface area contributed by atoms with E-state index in [1.165, 1.54) is 11.3 Å². The number of furan rings is 1. The Bertz CT molecular complexity index is 974. The predicted octanol–water partition coefficient (Wildman–Crippen LogP) is 2.16. The lowest BCUT2D eigenvalue weighted by Gasteiger charge is -2.35. The van der Waals surface area contributed by atoms with Gasteiger partial charge in [0, 0.05) is 19.1 Å². The summed E-state index contributed by atoms with van der Waals surface area (Å²) in [5, 5.41) is 0.621. The number of thiophene rings is 1. The van der Waals surface area contributed by atoms with Gasteiger partial charge in [-0.25, -0.2) is 9.97 Å². The summed E-state index contributed by atoms with van der Waals surface area (Å²) in [6.45, 7) is 1.74. The maximum absolute atomic E-state index is 11.7. The fourth-order valence-corrected chi connectivity index (χ4v) is 4.45. The van der Waals surface area contributed by atoms with Crippen LogP contribution >= 0.6 is 11.3 Å². The lowest BCUT2D eigenvalue weighted by Crippen LogP contribution is -2.42. The second kappa shape index (κ2) is 6.82. The Morgan fingerprint density at radius 3 is 2.67 bits per heavy atom. The van der Waals surface area contributed by atoms with Gasteiger partial charge in [0.25, 0.3) is 5.91 Å². The number of primary amides is 1. The van der Waals surface area contributed by atoms with Crippen molar-refractivity contribution in [1.29, 1.82) is 0 Å². The minimum absolute atomic E-state index is 0.301. The van der Waals surface area contributed by atoms with Gasteiger partial charge in [-0.1, -0.05) is 0 Å². The van der Waals surface area contributed by atoms with Gasteiger partial charge in [-0.2, -0.15) is 0 Å². The number of piperidine rings is 1. The normalized spacial score (nSPS) is 15.7. The zero-order chi connectivity index (χ0) is 19.1. The van der Waals surface area contributed by atoms with Crippen LogP contribution in [0.1, 0.15) is 22.5 Å². The molecule has 3 aromatic heterocycles. The average molecular weight is 386 g/mol. The smallest absolute Gasteiger partial charge is 0.260 e. The molecule has 0 aliphatic carbocycles. The molecule has 0 radical (unpaired) electrons. The van der Waals surface area contributed by atoms with Gasteiger partial charge in [0.05, 0.1) is 17.3 Å². The highest BCUT2D eigenvalue weighted by Gasteiger charge is 2.26. The summed E-state index contributed by atoms with van der Waals surface area (Å²) in [4.78, 5) is 26.6. The SMILES string of the molecule is CN(C)C1CCN(c2nc(-c3ccco3)c3c(N)c(C(N)=O)sc3n2)CC1. The maximum atomic E-state index is 11.7. The van der Waals surface area contributed by atoms with E-state index >= 15 is 0 Å². The number of carbonyl (C=O) groups is 1. The van der Waals surface area contributed by atoms with Crippen molar-refractivity contribution in [3.8, 4) is 11.5 Å². The molecule has 0 saturated carbocycles. The first kappa shape index (κ1) is 17.7. The first-order chi connectivity index (χ1) is 13.0. The van der Waals surface area contributed by atoms with Gasteiger partial charge in [0.2, 0.25) is 5.95 Å². The Kier molecular flexibility index (Phi) is 4.48. The van der Waals surface area contributed by atoms with Crippen molar-refractivity contribution in [1.82, 2.24) is 14.9 Å². The van der Waals surface area contributed by atoms with Gasteiger partial charge in [-0.15, -0.1) is 11.3 Å². The number of fused-ring (bicyclic) bond motifs is 1. The highest BCUT2D eigenvalue weighted by Crippen LogP contribution is 2.39. The minimum Gasteiger partial charge on any atom is -0.463 e. The van der Waals surface area contributed by atoms with Crippen molar-refractivity contribution in [2.24, 2.45) is 5.73 Å². The summed E-state index contributed by atoms with van der Waals surface area (Å²) >= 11 is 1.20. The Labute approximate surface area is 160 Å². The van der Waals surface area contributed by atoms with E-state index in [9.17, 15) is 4.79 Å². The highest BCUT2D eigenvalue weighted by atomic mass is 32.1. The Balaban J connectivity index is 1.80. The van der Waals surface area contributed by atoms with Gasteiger partial charge in [0.15, 0.2) is 5.76 Å². The van der Waals surface area contributed by atoms with Crippen molar-refractivity contribution >= 4 is 39.1 Å². The fourth-order valence-electron chi connectivity index (χ4n) is 3.51. The van der Waals surface area contributed by atoms with Crippen LogP contribution in [0, 0.1) is 0 Å². The number of rotatable bonds is 4. The first-order valence-corrected chi connectivity index (χ1v) is 9.62. The molecule has 0 unspecified atom stereocenters. The highest BCUT2D eigenvalue weighted by molar-refractivity contribution is 7.21. The van der Waals surface area contributed by atoms with E-state index in [0.717, 1.165) is 25.9 Å². The summed E-state index contributed by atoms with van der Waals surface area (Å²) < 4.78 is 5.56. The van der Waals surface area contributed by atoms with Crippen molar-refractivity contribution < 1.29 is 9.21 Å². The van der Waals surface area contributed by atoms with E-state index in [-0.39, 0.29) is 0 Å². The van der Waals surface area contributed by atoms with Gasteiger partial charge < -0.3 is 25.7 Å². The minimum atomic E-state index is -0.561. The number of nitrogens with zero attached hydrogens (tertiary/aromatic N) is 4. The van der Waals surface area contributed by atoms with Crippen LogP contribution in [0.25, 0.3) is 21.7 Å². The van der Waals surface area contributed by atoms with Crippen LogP contribution < -0.4 is 16.4 Å². The number of carbonyl (C=O) groups excluding carboxylic acids is 1. The average Bonchev–Trinajstić information content (AvgIpc) is 3.29. The molecule has 27 heavy (non-hydrogen) atoms. The Morgan fingerprint density at radius 1 is 1.33 bits per heavy atom. The maximum Gasteiger partial charge on any atom is 0.260 e. The Morgan fingerprint density at radius 2 is 2.07 bits per heavy atom. The summed E-state index contributed by atoms with van der Waals surface area (Å²) in [7, 11) is 4.22. The quantitative estimate of drug-likeness (QED) is 0.706. The third kappa shape index (κ3) is 3.13. The molecule has 0 spiro atoms. The van der Waals surface area contributed by atoms with Crippen molar-refractivity contribution in [2.75, 3.05) is 37.8 Å². The second-order valence-electron chi connectivity index (χ2n) is 6.92. The number of hydrogen-bond acceptors (Lipinski definition) is 8. The number of nitrogens with two attached hydrogens (primary N) is 2. The van der Waals surface area contributed by atoms with Crippen LogP contribution in [-0.2, 0) is 0 Å². The molecule has 142 valence electrons. The van der Waals surface area contributed by atoms with Crippen molar-refractivity contribution in [3.05, 3.63) is 23.3 Å². The second-order valence-corrected chi connectivity index (χ2v) is 7.92. The zero-order valence-corrected chi connectivity index (χ0v) is 16.1. The number of nitrogen functional groups attached to an aromatic ring is 1. The molecule has 1 fully saturated rings. The number of amides is 1. The number of anilines is 2. The van der Waals surface area contributed by atoms with E-state index in [2.05, 4.69) is 23.9 Å². The number of hydrogen-bond donors (Lipinski definition) is 2. The molecule has 1 aliphatic rings. The molecule has 9 heteroatoms. The summed E-state index contributed by atoms with van der Waals surface area (Å²) in [6, 6.07) is 4.18. The van der Waals surface area contributed by atoms with E-state index < -0.39 is 5.91 Å². The lowest BCUT2D eigenvalue weighted by atomic mass is 10.0. The van der Waals surface area contributed by atoms with Crippen LogP contribution in [0.3, 0.4) is 0 Å². The van der Waals surface area contributed by atoms with Crippen LogP contribution in [0.15, 0.2) is 22.8 Å². The van der Waals surface area contributed by atoms with Crippen LogP contribution in [-0.4, -0.2) is 54.0 Å². The zero-order valence-electron chi connectivity index (χ0n) is 15.3. The van der Waals surface area contributed by atoms with E-state index in [4.69, 9.17) is 25.9 Å². The van der Waals surface area contributed by atoms with E-state index in [0.29, 0.717) is 44.2 Å². The third-order valence-electron chi connectivity index (χ3n) is 5.03. The summed E-state index contributed by atoms with van der Waals surface area (Å²) in [5.41, 5.74) is 12.6. The topological polar surface area (TPSA) is 115 Å². The summed E-state index contributed by atoms with van der Waals surface area (Å²) in [5.74, 6) is 0.657. The lowest BCUT2D eigenvalue weighted by molar-refractivity contribution is 0.100. The van der Waals surface area contributed by atoms with Gasteiger partial charge in [0.1, 0.15) is 15.4 Å². The first-order valence-electron chi connectivity index (χ1n) is 8.80. The predicted molar refractivity (Wildman–Crippen MR) is 107 cm³/mol. The van der Waals surface area contributed by atoms with Crippen LogP contribution in [0.5, 0.6) is 0 Å². The molecule has 4 heterocycles. The van der Waals surface area contributed by atoms with E-state index in [1.54, 1.807) is 12.3 Å². The molecule has 8 nitrogen and oxygen atoms in total. The monoisotopic (exact) mass is 386 g/mol. The molecule has 4 N–H and O–H groups in total. The molecule has 4 rings (SSSR count). The fraction of sp³-hybridized carbons (Fsp3) is 0.389. The molecular formula is C18H22N6O2S. The molecular weight excluding hydrogens is 364 g/mol. The molecule has 1 aliphatic heterocycles. The molecule has 0 bridgehead atoms. The van der Waals surface area contributed by atoms with Crippen molar-refractivity contribution in [3.63, 3.8) is 0 Å². The third-order valence-corrected chi connectivity index (χ3v) is 6.15. The molecule has 0 atom stereocenters. The van der Waals surface area contributed by atoms with Crippen LogP contribution in [0.2, 0.25) is 0 Å². The van der Waals surface area contributed by atoms with Crippen molar-refractivity contribution in [2.45, 2.75) is 18.9 Å². The molecule has 3 aromatic rings. The van der Waals surface area contributed by atoms with Gasteiger partial charge in [-0.3, -0.25) is 4.79 Å². The Hall–Kier alpha value is -2.65. The molecule has 1 saturated heterocycles. The van der Waals surface area contributed by atoms with Gasteiger partial charge in [-0.05, 0) is 39.1 Å². The molecule has 0 aromatic carbocycles. The summed E-state index contributed by atoms with van der Waals surface area (Å²) in [6.07, 6.45) is 3.68. The van der Waals surface area contributed by atoms with Gasteiger partial charge >= 0.3 is 0 Å². The molecule has 1 amide bonds. The number of aromatic nitrogens is 2.